The molecule has 0 aliphatic carbocycles. The van der Waals surface area contributed by atoms with Gasteiger partial charge in [-0.05, 0) is 12.5 Å². The Morgan fingerprint density at radius 1 is 1.57 bits per heavy atom. The van der Waals surface area contributed by atoms with Gasteiger partial charge in [0.25, 0.3) is 5.91 Å². The van der Waals surface area contributed by atoms with E-state index in [1.807, 2.05) is 0 Å². The molecular weight excluding hydrogens is 187 g/mol. The zero-order valence-corrected chi connectivity index (χ0v) is 7.53. The Kier molecular flexibility index (Phi) is 4.00. The van der Waals surface area contributed by atoms with Gasteiger partial charge in [0.05, 0.1) is 11.8 Å². The minimum absolute atomic E-state index is 0.0156. The summed E-state index contributed by atoms with van der Waals surface area (Å²) < 4.78 is 12.6. The molecule has 0 radical (unpaired) electrons. The number of aliphatic hydroxyl groups excluding tert-OH is 1. The molecule has 0 bridgehead atoms. The first-order valence-electron chi connectivity index (χ1n) is 4.23. The first kappa shape index (κ1) is 10.6. The predicted molar refractivity (Wildman–Crippen MR) is 48.2 cm³/mol. The molecule has 0 aliphatic heterocycles. The number of carbonyl (C=O) groups is 1. The summed E-state index contributed by atoms with van der Waals surface area (Å²) in [6.45, 7) is 0.382. The fourth-order valence-electron chi connectivity index (χ4n) is 0.919. The van der Waals surface area contributed by atoms with E-state index in [9.17, 15) is 9.18 Å². The summed E-state index contributed by atoms with van der Waals surface area (Å²) in [5.74, 6) is -0.926. The Balaban J connectivity index is 2.52. The molecule has 0 atom stereocenters. The van der Waals surface area contributed by atoms with Crippen molar-refractivity contribution in [3.8, 4) is 0 Å². The lowest BCUT2D eigenvalue weighted by Crippen LogP contribution is -2.25. The van der Waals surface area contributed by atoms with E-state index < -0.39 is 5.82 Å². The van der Waals surface area contributed by atoms with Gasteiger partial charge in [0.2, 0.25) is 0 Å². The number of amides is 1. The molecule has 1 aromatic heterocycles. The fourth-order valence-corrected chi connectivity index (χ4v) is 0.919. The largest absolute Gasteiger partial charge is 0.396 e. The van der Waals surface area contributed by atoms with E-state index in [4.69, 9.17) is 5.11 Å². The summed E-state index contributed by atoms with van der Waals surface area (Å²) in [7, 11) is 0. The van der Waals surface area contributed by atoms with Gasteiger partial charge in [-0.25, -0.2) is 4.39 Å². The Morgan fingerprint density at radius 2 is 2.36 bits per heavy atom. The summed E-state index contributed by atoms with van der Waals surface area (Å²) in [6.07, 6.45) is 2.80. The third-order valence-corrected chi connectivity index (χ3v) is 1.59. The molecule has 1 heterocycles. The number of nitrogens with zero attached hydrogens (tertiary/aromatic N) is 1. The highest BCUT2D eigenvalue weighted by molar-refractivity contribution is 5.93. The third kappa shape index (κ3) is 3.10. The molecule has 0 fully saturated rings. The van der Waals surface area contributed by atoms with E-state index in [0.717, 1.165) is 12.3 Å². The first-order valence-corrected chi connectivity index (χ1v) is 4.23. The first-order chi connectivity index (χ1) is 6.74. The number of nitrogens with one attached hydrogen (secondary N) is 1. The van der Waals surface area contributed by atoms with Crippen LogP contribution in [0.2, 0.25) is 0 Å². The maximum absolute atomic E-state index is 12.6. The Labute approximate surface area is 80.8 Å². The van der Waals surface area contributed by atoms with Crippen molar-refractivity contribution in [2.24, 2.45) is 0 Å². The van der Waals surface area contributed by atoms with E-state index in [-0.39, 0.29) is 18.1 Å². The van der Waals surface area contributed by atoms with Gasteiger partial charge in [-0.15, -0.1) is 0 Å². The van der Waals surface area contributed by atoms with Crippen LogP contribution in [-0.2, 0) is 0 Å². The van der Waals surface area contributed by atoms with Crippen LogP contribution in [0.15, 0.2) is 18.5 Å². The number of rotatable bonds is 4. The minimum atomic E-state index is -0.542. The number of aromatic nitrogens is 1. The molecule has 0 saturated carbocycles. The fraction of sp³-hybridized carbons (Fsp3) is 0.333. The second-order valence-corrected chi connectivity index (χ2v) is 2.72. The van der Waals surface area contributed by atoms with E-state index in [0.29, 0.717) is 13.0 Å². The number of carbonyl (C=O) groups excluding carboxylic acids is 1. The van der Waals surface area contributed by atoms with Gasteiger partial charge >= 0.3 is 0 Å². The standard InChI is InChI=1S/C9H11FN2O2/c10-8-4-7(5-11-6-8)9(14)12-2-1-3-13/h4-6,13H,1-3H2,(H,12,14). The predicted octanol–water partition coefficient (Wildman–Crippen LogP) is 0.333. The van der Waals surface area contributed by atoms with E-state index in [1.54, 1.807) is 0 Å². The zero-order chi connectivity index (χ0) is 10.4. The van der Waals surface area contributed by atoms with Gasteiger partial charge in [-0.2, -0.15) is 0 Å². The molecule has 1 rings (SSSR count). The third-order valence-electron chi connectivity index (χ3n) is 1.59. The monoisotopic (exact) mass is 198 g/mol. The van der Waals surface area contributed by atoms with Gasteiger partial charge in [0.15, 0.2) is 0 Å². The van der Waals surface area contributed by atoms with Crippen molar-refractivity contribution in [1.82, 2.24) is 10.3 Å². The number of hydrogen-bond acceptors (Lipinski definition) is 3. The molecule has 4 nitrogen and oxygen atoms in total. The van der Waals surface area contributed by atoms with Crippen LogP contribution in [0, 0.1) is 5.82 Å². The van der Waals surface area contributed by atoms with E-state index >= 15 is 0 Å². The summed E-state index contributed by atoms with van der Waals surface area (Å²) in [6, 6.07) is 1.11. The molecule has 1 amide bonds. The van der Waals surface area contributed by atoms with E-state index in [1.165, 1.54) is 6.20 Å². The van der Waals surface area contributed by atoms with Crippen molar-refractivity contribution in [3.05, 3.63) is 29.8 Å². The highest BCUT2D eigenvalue weighted by Gasteiger charge is 2.05. The lowest BCUT2D eigenvalue weighted by molar-refractivity contribution is 0.0950. The Morgan fingerprint density at radius 3 is 3.00 bits per heavy atom. The number of pyridine rings is 1. The van der Waals surface area contributed by atoms with Gasteiger partial charge < -0.3 is 10.4 Å². The van der Waals surface area contributed by atoms with Gasteiger partial charge in [-0.1, -0.05) is 0 Å². The molecule has 76 valence electrons. The van der Waals surface area contributed by atoms with Crippen molar-refractivity contribution in [1.29, 1.82) is 0 Å². The highest BCUT2D eigenvalue weighted by atomic mass is 19.1. The molecule has 14 heavy (non-hydrogen) atoms. The van der Waals surface area contributed by atoms with Crippen molar-refractivity contribution in [2.75, 3.05) is 13.2 Å². The average Bonchev–Trinajstić information content (AvgIpc) is 2.18. The molecule has 0 saturated heterocycles. The van der Waals surface area contributed by atoms with Crippen LogP contribution in [0.4, 0.5) is 4.39 Å². The number of halogens is 1. The van der Waals surface area contributed by atoms with Crippen LogP contribution >= 0.6 is 0 Å². The van der Waals surface area contributed by atoms with Crippen LogP contribution in [0.25, 0.3) is 0 Å². The van der Waals surface area contributed by atoms with Gasteiger partial charge in [0, 0.05) is 19.3 Å². The van der Waals surface area contributed by atoms with Crippen molar-refractivity contribution in [2.45, 2.75) is 6.42 Å². The number of hydrogen-bond donors (Lipinski definition) is 2. The molecular formula is C9H11FN2O2. The van der Waals surface area contributed by atoms with Crippen LogP contribution in [0.3, 0.4) is 0 Å². The second kappa shape index (κ2) is 5.29. The normalized spacial score (nSPS) is 9.86. The molecule has 1 aromatic rings. The van der Waals surface area contributed by atoms with Gasteiger partial charge in [-0.3, -0.25) is 9.78 Å². The average molecular weight is 198 g/mol. The minimum Gasteiger partial charge on any atom is -0.396 e. The Bertz CT molecular complexity index is 317. The molecule has 5 heteroatoms. The van der Waals surface area contributed by atoms with Crippen molar-refractivity contribution >= 4 is 5.91 Å². The maximum Gasteiger partial charge on any atom is 0.252 e. The van der Waals surface area contributed by atoms with Crippen LogP contribution < -0.4 is 5.32 Å². The SMILES string of the molecule is O=C(NCCCO)c1cncc(F)c1. The van der Waals surface area contributed by atoms with Crippen molar-refractivity contribution in [3.63, 3.8) is 0 Å². The summed E-state index contributed by atoms with van der Waals surface area (Å²) >= 11 is 0. The molecule has 0 aromatic carbocycles. The summed E-state index contributed by atoms with van der Waals surface area (Å²) in [5.41, 5.74) is 0.183. The maximum atomic E-state index is 12.6. The molecule has 0 unspecified atom stereocenters. The Hall–Kier alpha value is -1.49. The second-order valence-electron chi connectivity index (χ2n) is 2.72. The summed E-state index contributed by atoms with van der Waals surface area (Å²) in [4.78, 5) is 14.8. The molecule has 2 N–H and O–H groups in total. The smallest absolute Gasteiger partial charge is 0.252 e. The lowest BCUT2D eigenvalue weighted by atomic mass is 10.2. The summed E-state index contributed by atoms with van der Waals surface area (Å²) in [5, 5.41) is 11.0. The van der Waals surface area contributed by atoms with Crippen LogP contribution in [0.5, 0.6) is 0 Å². The van der Waals surface area contributed by atoms with Crippen molar-refractivity contribution < 1.29 is 14.3 Å². The molecule has 0 aliphatic rings. The van der Waals surface area contributed by atoms with E-state index in [2.05, 4.69) is 10.3 Å². The molecule has 0 spiro atoms. The van der Waals surface area contributed by atoms with Crippen LogP contribution in [-0.4, -0.2) is 29.1 Å². The topological polar surface area (TPSA) is 62.2 Å². The van der Waals surface area contributed by atoms with Gasteiger partial charge in [0.1, 0.15) is 5.82 Å². The highest BCUT2D eigenvalue weighted by Crippen LogP contribution is 2.00. The number of aliphatic hydroxyl groups is 1. The lowest BCUT2D eigenvalue weighted by Gasteiger charge is -2.02. The van der Waals surface area contributed by atoms with Crippen LogP contribution in [0.1, 0.15) is 16.8 Å². The quantitative estimate of drug-likeness (QED) is 0.685. The zero-order valence-electron chi connectivity index (χ0n) is 7.53.